The van der Waals surface area contributed by atoms with Gasteiger partial charge in [-0.05, 0) is 56.2 Å². The molecule has 6 nitrogen and oxygen atoms in total. The highest BCUT2D eigenvalue weighted by molar-refractivity contribution is 5.79. The number of rotatable bonds is 9. The Morgan fingerprint density at radius 2 is 1.69 bits per heavy atom. The first-order chi connectivity index (χ1) is 13.9. The second-order valence-electron chi connectivity index (χ2n) is 7.39. The molecular formula is C23H34N4O2. The Morgan fingerprint density at radius 1 is 1.03 bits per heavy atom. The van der Waals surface area contributed by atoms with Crippen LogP contribution < -0.4 is 20.3 Å². The van der Waals surface area contributed by atoms with Crippen molar-refractivity contribution in [1.82, 2.24) is 10.6 Å². The summed E-state index contributed by atoms with van der Waals surface area (Å²) in [7, 11) is 4.05. The maximum Gasteiger partial charge on any atom is 0.191 e. The van der Waals surface area contributed by atoms with Gasteiger partial charge in [-0.2, -0.15) is 0 Å². The molecule has 0 saturated heterocycles. The molecule has 6 heteroatoms. The van der Waals surface area contributed by atoms with E-state index in [4.69, 9.17) is 4.74 Å². The second-order valence-corrected chi connectivity index (χ2v) is 7.39. The van der Waals surface area contributed by atoms with Crippen molar-refractivity contribution in [2.45, 2.75) is 39.5 Å². The number of nitrogens with zero attached hydrogens (tertiary/aromatic N) is 2. The van der Waals surface area contributed by atoms with E-state index in [1.54, 1.807) is 0 Å². The predicted octanol–water partition coefficient (Wildman–Crippen LogP) is 3.33. The van der Waals surface area contributed by atoms with Gasteiger partial charge in [0.05, 0.1) is 18.8 Å². The first kappa shape index (κ1) is 22.6. The third-order valence-corrected chi connectivity index (χ3v) is 4.32. The van der Waals surface area contributed by atoms with E-state index in [2.05, 4.69) is 44.8 Å². The summed E-state index contributed by atoms with van der Waals surface area (Å²) in [5.74, 6) is 1.49. The molecule has 0 heterocycles. The minimum absolute atomic E-state index is 0.130. The van der Waals surface area contributed by atoms with Crippen LogP contribution in [0.3, 0.4) is 0 Å². The number of guanidine groups is 1. The van der Waals surface area contributed by atoms with Gasteiger partial charge in [-0.3, -0.25) is 0 Å². The molecule has 158 valence electrons. The molecule has 0 radical (unpaired) electrons. The Labute approximate surface area is 174 Å². The summed E-state index contributed by atoms with van der Waals surface area (Å²) in [6.45, 7) is 7.70. The minimum Gasteiger partial charge on any atom is -0.491 e. The predicted molar refractivity (Wildman–Crippen MR) is 121 cm³/mol. The summed E-state index contributed by atoms with van der Waals surface area (Å²) in [5.41, 5.74) is 3.13. The van der Waals surface area contributed by atoms with Crippen LogP contribution >= 0.6 is 0 Å². The van der Waals surface area contributed by atoms with Crippen LogP contribution in [0.2, 0.25) is 0 Å². The maximum absolute atomic E-state index is 10.5. The maximum atomic E-state index is 10.5. The van der Waals surface area contributed by atoms with Crippen LogP contribution in [-0.4, -0.2) is 44.4 Å². The van der Waals surface area contributed by atoms with Crippen LogP contribution in [0.5, 0.6) is 5.75 Å². The fourth-order valence-corrected chi connectivity index (χ4v) is 2.76. The van der Waals surface area contributed by atoms with Gasteiger partial charge in [0, 0.05) is 32.9 Å². The fourth-order valence-electron chi connectivity index (χ4n) is 2.76. The van der Waals surface area contributed by atoms with Crippen molar-refractivity contribution in [3.05, 3.63) is 59.7 Å². The normalized spacial score (nSPS) is 12.6. The molecule has 1 unspecified atom stereocenters. The first-order valence-electron chi connectivity index (χ1n) is 10.1. The topological polar surface area (TPSA) is 69.1 Å². The summed E-state index contributed by atoms with van der Waals surface area (Å²) < 4.78 is 5.64. The van der Waals surface area contributed by atoms with Crippen molar-refractivity contribution in [2.24, 2.45) is 4.99 Å². The van der Waals surface area contributed by atoms with E-state index in [0.717, 1.165) is 29.1 Å². The highest BCUT2D eigenvalue weighted by atomic mass is 16.5. The number of aliphatic imine (C=N–C) groups is 1. The van der Waals surface area contributed by atoms with Crippen molar-refractivity contribution in [2.75, 3.05) is 32.1 Å². The molecule has 0 bridgehead atoms. The molecule has 2 aromatic carbocycles. The Kier molecular flexibility index (Phi) is 8.80. The van der Waals surface area contributed by atoms with Gasteiger partial charge < -0.3 is 25.4 Å². The molecule has 0 aliphatic carbocycles. The van der Waals surface area contributed by atoms with Crippen molar-refractivity contribution in [1.29, 1.82) is 0 Å². The Bertz CT molecular complexity index is 755. The van der Waals surface area contributed by atoms with E-state index in [9.17, 15) is 5.11 Å². The second kappa shape index (κ2) is 11.3. The molecule has 0 fully saturated rings. The van der Waals surface area contributed by atoms with Crippen molar-refractivity contribution < 1.29 is 9.84 Å². The van der Waals surface area contributed by atoms with Crippen LogP contribution in [0.25, 0.3) is 0 Å². The number of anilines is 1. The monoisotopic (exact) mass is 398 g/mol. The molecule has 0 saturated carbocycles. The van der Waals surface area contributed by atoms with E-state index < -0.39 is 6.10 Å². The summed E-state index contributed by atoms with van der Waals surface area (Å²) in [4.78, 5) is 6.69. The number of aliphatic hydroxyl groups excluding tert-OH is 1. The van der Waals surface area contributed by atoms with Crippen LogP contribution in [0.15, 0.2) is 53.5 Å². The molecule has 0 spiro atoms. The zero-order chi connectivity index (χ0) is 21.2. The fraction of sp³-hybridized carbons (Fsp3) is 0.435. The molecular weight excluding hydrogens is 364 g/mol. The molecule has 0 aromatic heterocycles. The third-order valence-electron chi connectivity index (χ3n) is 4.32. The summed E-state index contributed by atoms with van der Waals surface area (Å²) in [6, 6.07) is 15.9. The highest BCUT2D eigenvalue weighted by Gasteiger charge is 2.09. The summed E-state index contributed by atoms with van der Waals surface area (Å²) in [5, 5.41) is 16.9. The smallest absolute Gasteiger partial charge is 0.191 e. The Hall–Kier alpha value is -2.73. The number of aliphatic hydroxyl groups is 1. The number of ether oxygens (including phenoxy) is 1. The van der Waals surface area contributed by atoms with Crippen molar-refractivity contribution >= 4 is 11.6 Å². The molecule has 0 aliphatic rings. The van der Waals surface area contributed by atoms with Gasteiger partial charge in [0.15, 0.2) is 5.96 Å². The minimum atomic E-state index is -0.633. The standard InChI is InChI=1S/C23H34N4O2/c1-6-24-23(25-15-18-7-11-20(12-8-18)27(4)5)26-16-22(28)19-9-13-21(14-10-19)29-17(2)3/h7-14,17,22,28H,6,15-16H2,1-5H3,(H2,24,25,26). The zero-order valence-corrected chi connectivity index (χ0v) is 18.1. The molecule has 2 aromatic rings. The lowest BCUT2D eigenvalue weighted by Crippen LogP contribution is -2.39. The Morgan fingerprint density at radius 3 is 2.24 bits per heavy atom. The van der Waals surface area contributed by atoms with Gasteiger partial charge in [-0.15, -0.1) is 0 Å². The number of hydrogen-bond acceptors (Lipinski definition) is 4. The van der Waals surface area contributed by atoms with E-state index >= 15 is 0 Å². The summed E-state index contributed by atoms with van der Waals surface area (Å²) >= 11 is 0. The van der Waals surface area contributed by atoms with Gasteiger partial charge in [0.1, 0.15) is 5.75 Å². The third kappa shape index (κ3) is 7.66. The van der Waals surface area contributed by atoms with Gasteiger partial charge >= 0.3 is 0 Å². The average Bonchev–Trinajstić information content (AvgIpc) is 2.70. The van der Waals surface area contributed by atoms with Crippen LogP contribution in [0.4, 0.5) is 5.69 Å². The lowest BCUT2D eigenvalue weighted by molar-refractivity contribution is 0.180. The molecule has 3 N–H and O–H groups in total. The quantitative estimate of drug-likeness (QED) is 0.447. The lowest BCUT2D eigenvalue weighted by atomic mass is 10.1. The molecule has 0 aliphatic heterocycles. The largest absolute Gasteiger partial charge is 0.491 e. The van der Waals surface area contributed by atoms with Crippen LogP contribution in [0, 0.1) is 0 Å². The van der Waals surface area contributed by atoms with Crippen LogP contribution in [0.1, 0.15) is 38.0 Å². The van der Waals surface area contributed by atoms with Gasteiger partial charge in [0.2, 0.25) is 0 Å². The zero-order valence-electron chi connectivity index (χ0n) is 18.1. The van der Waals surface area contributed by atoms with Crippen molar-refractivity contribution in [3.63, 3.8) is 0 Å². The van der Waals surface area contributed by atoms with Gasteiger partial charge in [0.25, 0.3) is 0 Å². The number of hydrogen-bond donors (Lipinski definition) is 3. The van der Waals surface area contributed by atoms with Crippen molar-refractivity contribution in [3.8, 4) is 5.75 Å². The van der Waals surface area contributed by atoms with Gasteiger partial charge in [-0.1, -0.05) is 24.3 Å². The van der Waals surface area contributed by atoms with E-state index in [0.29, 0.717) is 19.0 Å². The number of benzene rings is 2. The highest BCUT2D eigenvalue weighted by Crippen LogP contribution is 2.18. The van der Waals surface area contributed by atoms with Crippen LogP contribution in [-0.2, 0) is 6.54 Å². The SMILES string of the molecule is CCNC(=NCc1ccc(N(C)C)cc1)NCC(O)c1ccc(OC(C)C)cc1. The van der Waals surface area contributed by atoms with Gasteiger partial charge in [-0.25, -0.2) is 4.99 Å². The average molecular weight is 399 g/mol. The first-order valence-corrected chi connectivity index (χ1v) is 10.1. The molecule has 2 rings (SSSR count). The van der Waals surface area contributed by atoms with E-state index in [1.807, 2.05) is 59.1 Å². The number of nitrogens with one attached hydrogen (secondary N) is 2. The van der Waals surface area contributed by atoms with E-state index in [-0.39, 0.29) is 6.10 Å². The molecule has 0 amide bonds. The lowest BCUT2D eigenvalue weighted by Gasteiger charge is -2.16. The summed E-state index contributed by atoms with van der Waals surface area (Å²) in [6.07, 6.45) is -0.503. The Balaban J connectivity index is 1.92. The molecule has 1 atom stereocenters. The van der Waals surface area contributed by atoms with E-state index in [1.165, 1.54) is 0 Å². The molecule has 29 heavy (non-hydrogen) atoms.